The van der Waals surface area contributed by atoms with Crippen LogP contribution in [0.4, 0.5) is 14.6 Å². The summed E-state index contributed by atoms with van der Waals surface area (Å²) in [5.74, 6) is -0.231. The van der Waals surface area contributed by atoms with E-state index < -0.39 is 17.6 Å². The number of ether oxygens (including phenoxy) is 1. The van der Waals surface area contributed by atoms with Gasteiger partial charge in [0.15, 0.2) is 0 Å². The number of halogens is 2. The number of piperidine rings is 1. The van der Waals surface area contributed by atoms with Gasteiger partial charge in [0.25, 0.3) is 0 Å². The fourth-order valence-corrected chi connectivity index (χ4v) is 5.88. The van der Waals surface area contributed by atoms with Crippen LogP contribution in [0.15, 0.2) is 41.1 Å². The van der Waals surface area contributed by atoms with Gasteiger partial charge in [0.05, 0.1) is 23.8 Å². The predicted octanol–water partition coefficient (Wildman–Crippen LogP) is 5.55. The van der Waals surface area contributed by atoms with Crippen LogP contribution in [0.2, 0.25) is 0 Å². The van der Waals surface area contributed by atoms with Gasteiger partial charge >= 0.3 is 5.97 Å². The minimum absolute atomic E-state index is 0.0280. The minimum atomic E-state index is -0.994. The molecule has 6 rings (SSSR count). The molecule has 9 heteroatoms. The Kier molecular flexibility index (Phi) is 5.75. The van der Waals surface area contributed by atoms with Crippen LogP contribution in [0, 0.1) is 17.6 Å². The summed E-state index contributed by atoms with van der Waals surface area (Å²) in [4.78, 5) is 17.9. The van der Waals surface area contributed by atoms with Crippen molar-refractivity contribution in [3.63, 3.8) is 0 Å². The number of aromatic nitrogens is 2. The van der Waals surface area contributed by atoms with E-state index in [1.54, 1.807) is 12.1 Å². The van der Waals surface area contributed by atoms with Crippen molar-refractivity contribution in [1.82, 2.24) is 10.1 Å². The number of pyridine rings is 1. The van der Waals surface area contributed by atoms with Crippen molar-refractivity contribution in [3.05, 3.63) is 65.1 Å². The van der Waals surface area contributed by atoms with Crippen LogP contribution < -0.4 is 4.90 Å². The van der Waals surface area contributed by atoms with E-state index in [0.717, 1.165) is 37.9 Å². The molecule has 0 radical (unpaired) electrons. The minimum Gasteiger partial charge on any atom is -0.478 e. The van der Waals surface area contributed by atoms with Gasteiger partial charge in [0.2, 0.25) is 0 Å². The molecule has 1 N–H and O–H groups in total. The van der Waals surface area contributed by atoms with Gasteiger partial charge in [0.1, 0.15) is 28.9 Å². The van der Waals surface area contributed by atoms with Crippen LogP contribution in [0.3, 0.4) is 0 Å². The first-order valence-corrected chi connectivity index (χ1v) is 12.4. The van der Waals surface area contributed by atoms with Gasteiger partial charge in [0, 0.05) is 29.8 Å². The standard InChI is InChI=1S/C27H27F2N3O4/c1-14-9-17-10-18(11-22(14)32(17)23-8-7-16(12-30-23)27(33)34)35-13-19-25(31-36-26(19)15-5-6-15)24-20(28)3-2-4-21(24)29/h2-4,7-8,12,14-15,17-18,22H,5-6,9-11,13H2,1H3,(H,33,34). The molecule has 2 saturated heterocycles. The van der Waals surface area contributed by atoms with E-state index in [-0.39, 0.29) is 47.5 Å². The zero-order valence-corrected chi connectivity index (χ0v) is 19.9. The lowest BCUT2D eigenvalue weighted by molar-refractivity contribution is 0.0134. The molecule has 7 nitrogen and oxygen atoms in total. The van der Waals surface area contributed by atoms with Crippen molar-refractivity contribution in [1.29, 1.82) is 0 Å². The first kappa shape index (κ1) is 23.1. The number of rotatable bonds is 7. The Morgan fingerprint density at radius 3 is 2.58 bits per heavy atom. The molecule has 3 aliphatic rings. The molecule has 1 aromatic carbocycles. The number of hydrogen-bond donors (Lipinski definition) is 1. The SMILES string of the molecule is CC1CC2CC(OCc3c(-c4c(F)cccc4F)noc3C3CC3)CC1N2c1ccc(C(=O)O)cn1. The van der Waals surface area contributed by atoms with Gasteiger partial charge in [-0.25, -0.2) is 18.6 Å². The van der Waals surface area contributed by atoms with Crippen LogP contribution >= 0.6 is 0 Å². The number of carboxylic acid groups (broad SMARTS) is 1. The predicted molar refractivity (Wildman–Crippen MR) is 127 cm³/mol. The zero-order valence-electron chi connectivity index (χ0n) is 19.9. The molecule has 3 aromatic rings. The molecule has 0 spiro atoms. The van der Waals surface area contributed by atoms with E-state index in [0.29, 0.717) is 17.2 Å². The average molecular weight is 496 g/mol. The molecule has 4 unspecified atom stereocenters. The molecule has 1 saturated carbocycles. The van der Waals surface area contributed by atoms with Gasteiger partial charge < -0.3 is 19.3 Å². The molecule has 4 atom stereocenters. The molecule has 1 aliphatic carbocycles. The Labute approximate surface area is 207 Å². The van der Waals surface area contributed by atoms with Crippen LogP contribution in [-0.4, -0.2) is 39.4 Å². The molecule has 4 heterocycles. The summed E-state index contributed by atoms with van der Waals surface area (Å²) in [6.45, 7) is 2.40. The second kappa shape index (κ2) is 8.96. The van der Waals surface area contributed by atoms with E-state index in [1.165, 1.54) is 24.4 Å². The lowest BCUT2D eigenvalue weighted by Gasteiger charge is -2.40. The average Bonchev–Trinajstić information content (AvgIpc) is 3.58. The summed E-state index contributed by atoms with van der Waals surface area (Å²) in [6, 6.07) is 7.58. The van der Waals surface area contributed by atoms with E-state index >= 15 is 0 Å². The van der Waals surface area contributed by atoms with Crippen molar-refractivity contribution in [2.24, 2.45) is 5.92 Å². The van der Waals surface area contributed by atoms with E-state index in [9.17, 15) is 18.7 Å². The third-order valence-electron chi connectivity index (χ3n) is 7.78. The summed E-state index contributed by atoms with van der Waals surface area (Å²) in [5.41, 5.74) is 0.810. The topological polar surface area (TPSA) is 88.7 Å². The smallest absolute Gasteiger partial charge is 0.337 e. The maximum absolute atomic E-state index is 14.6. The molecular weight excluding hydrogens is 468 g/mol. The Balaban J connectivity index is 1.21. The highest BCUT2D eigenvalue weighted by Gasteiger charge is 2.46. The normalized spacial score (nSPS) is 25.4. The van der Waals surface area contributed by atoms with Crippen molar-refractivity contribution in [2.75, 3.05) is 4.90 Å². The molecular formula is C27H27F2N3O4. The highest BCUT2D eigenvalue weighted by atomic mass is 19.1. The monoisotopic (exact) mass is 495 g/mol. The van der Waals surface area contributed by atoms with Gasteiger partial charge in [-0.15, -0.1) is 0 Å². The molecule has 2 bridgehead atoms. The molecule has 36 heavy (non-hydrogen) atoms. The highest BCUT2D eigenvalue weighted by molar-refractivity contribution is 5.87. The van der Waals surface area contributed by atoms with Crippen LogP contribution in [0.5, 0.6) is 0 Å². The Morgan fingerprint density at radius 1 is 1.17 bits per heavy atom. The van der Waals surface area contributed by atoms with Crippen molar-refractivity contribution in [2.45, 2.75) is 69.7 Å². The summed E-state index contributed by atoms with van der Waals surface area (Å²) in [6.07, 6.45) is 5.88. The van der Waals surface area contributed by atoms with E-state index in [2.05, 4.69) is 22.0 Å². The van der Waals surface area contributed by atoms with Gasteiger partial charge in [-0.05, 0) is 62.3 Å². The number of carbonyl (C=O) groups is 1. The van der Waals surface area contributed by atoms with Gasteiger partial charge in [-0.3, -0.25) is 0 Å². The fourth-order valence-electron chi connectivity index (χ4n) is 5.88. The van der Waals surface area contributed by atoms with Crippen LogP contribution in [0.1, 0.15) is 66.6 Å². The number of carboxylic acids is 1. The Bertz CT molecular complexity index is 1270. The summed E-state index contributed by atoms with van der Waals surface area (Å²) in [7, 11) is 0. The van der Waals surface area contributed by atoms with E-state index in [1.807, 2.05) is 0 Å². The number of benzene rings is 1. The molecule has 0 amide bonds. The summed E-state index contributed by atoms with van der Waals surface area (Å²) >= 11 is 0. The second-order valence-electron chi connectivity index (χ2n) is 10.2. The summed E-state index contributed by atoms with van der Waals surface area (Å²) in [5, 5.41) is 13.2. The zero-order chi connectivity index (χ0) is 25.0. The number of fused-ring (bicyclic) bond motifs is 2. The first-order chi connectivity index (χ1) is 17.4. The Morgan fingerprint density at radius 2 is 1.94 bits per heavy atom. The maximum Gasteiger partial charge on any atom is 0.337 e. The molecule has 3 fully saturated rings. The number of nitrogens with zero attached hydrogens (tertiary/aromatic N) is 3. The number of hydrogen-bond acceptors (Lipinski definition) is 6. The quantitative estimate of drug-likeness (QED) is 0.460. The van der Waals surface area contributed by atoms with Crippen LogP contribution in [-0.2, 0) is 11.3 Å². The van der Waals surface area contributed by atoms with Crippen LogP contribution in [0.25, 0.3) is 11.3 Å². The lowest BCUT2D eigenvalue weighted by Crippen LogP contribution is -2.47. The highest BCUT2D eigenvalue weighted by Crippen LogP contribution is 2.46. The summed E-state index contributed by atoms with van der Waals surface area (Å²) < 4.78 is 41.1. The van der Waals surface area contributed by atoms with Crippen molar-refractivity contribution < 1.29 is 27.9 Å². The molecule has 188 valence electrons. The number of aromatic carboxylic acids is 1. The van der Waals surface area contributed by atoms with Gasteiger partial charge in [-0.2, -0.15) is 0 Å². The Hall–Kier alpha value is -3.33. The number of anilines is 1. The third-order valence-corrected chi connectivity index (χ3v) is 7.78. The fraction of sp³-hybridized carbons (Fsp3) is 0.444. The lowest BCUT2D eigenvalue weighted by atomic mass is 9.96. The molecule has 2 aliphatic heterocycles. The first-order valence-electron chi connectivity index (χ1n) is 12.4. The third kappa shape index (κ3) is 4.05. The van der Waals surface area contributed by atoms with E-state index in [4.69, 9.17) is 9.26 Å². The molecule has 2 aromatic heterocycles. The van der Waals surface area contributed by atoms with Crippen molar-refractivity contribution >= 4 is 11.8 Å². The van der Waals surface area contributed by atoms with Crippen molar-refractivity contribution in [3.8, 4) is 11.3 Å². The second-order valence-corrected chi connectivity index (χ2v) is 10.2. The maximum atomic E-state index is 14.6. The van der Waals surface area contributed by atoms with Gasteiger partial charge in [-0.1, -0.05) is 18.1 Å². The largest absolute Gasteiger partial charge is 0.478 e.